The highest BCUT2D eigenvalue weighted by Gasteiger charge is 2.62. The van der Waals surface area contributed by atoms with Crippen molar-refractivity contribution in [1.82, 2.24) is 14.2 Å². The average molecular weight is 559 g/mol. The maximum Gasteiger partial charge on any atom is 0.351 e. The molecule has 2 unspecified atom stereocenters. The largest absolute Gasteiger partial charge is 0.368 e. The van der Waals surface area contributed by atoms with E-state index in [2.05, 4.69) is 21.0 Å². The maximum absolute atomic E-state index is 13.2. The van der Waals surface area contributed by atoms with Crippen LogP contribution in [-0.2, 0) is 18.5 Å². The number of amides is 1. The highest BCUT2D eigenvalue weighted by atomic mass is 31.2. The van der Waals surface area contributed by atoms with Gasteiger partial charge in [-0.2, -0.15) is 10.2 Å². The molecular weight excluding hydrogens is 521 g/mol. The zero-order chi connectivity index (χ0) is 29.0. The van der Waals surface area contributed by atoms with Gasteiger partial charge in [0.2, 0.25) is 0 Å². The predicted octanol–water partition coefficient (Wildman–Crippen LogP) is 4.15. The van der Waals surface area contributed by atoms with Crippen LogP contribution in [0.3, 0.4) is 0 Å². The number of benzene rings is 1. The standard InChI is InChI=1S/C27H36N5O6P/c1-17(2)32(18(3)4)39(36-14-10-13-28)38-22-21-25(37-27(22,6)16-35-21)31-15-19(5)23(30-26(31)34)29-24(33)20-11-8-7-9-12-20/h7-9,11-12,15,17-18,21-22,25H,10,14,16H2,1-6H3,(H,29,30,33,34)/t21?,22-,25-,27+,39?/m1/s1/i6D. The zero-order valence-corrected chi connectivity index (χ0v) is 23.8. The summed E-state index contributed by atoms with van der Waals surface area (Å²) in [5.41, 5.74) is -0.741. The number of nitrogens with one attached hydrogen (secondary N) is 1. The van der Waals surface area contributed by atoms with Gasteiger partial charge in [0.15, 0.2) is 6.23 Å². The molecule has 0 saturated carbocycles. The molecule has 0 aliphatic carbocycles. The van der Waals surface area contributed by atoms with Gasteiger partial charge in [-0.05, 0) is 53.7 Å². The Morgan fingerprint density at radius 1 is 1.36 bits per heavy atom. The van der Waals surface area contributed by atoms with Crippen LogP contribution < -0.4 is 11.0 Å². The molecule has 1 aromatic heterocycles. The van der Waals surface area contributed by atoms with Crippen LogP contribution in [0.5, 0.6) is 0 Å². The maximum atomic E-state index is 13.2. The van der Waals surface area contributed by atoms with Gasteiger partial charge in [-0.1, -0.05) is 18.2 Å². The lowest BCUT2D eigenvalue weighted by molar-refractivity contribution is -0.167. The number of anilines is 1. The summed E-state index contributed by atoms with van der Waals surface area (Å²) in [6, 6.07) is 10.9. The number of carbonyl (C=O) groups excluding carboxylic acids is 1. The van der Waals surface area contributed by atoms with E-state index in [9.17, 15) is 9.59 Å². The van der Waals surface area contributed by atoms with Gasteiger partial charge in [-0.25, -0.2) is 9.46 Å². The number of rotatable bonds is 11. The predicted molar refractivity (Wildman–Crippen MR) is 146 cm³/mol. The van der Waals surface area contributed by atoms with Crippen LogP contribution in [0.15, 0.2) is 41.3 Å². The number of aryl methyl sites for hydroxylation is 1. The van der Waals surface area contributed by atoms with E-state index < -0.39 is 38.3 Å². The van der Waals surface area contributed by atoms with E-state index >= 15 is 0 Å². The third-order valence-corrected chi connectivity index (χ3v) is 8.63. The summed E-state index contributed by atoms with van der Waals surface area (Å²) in [4.78, 5) is 29.9. The molecule has 210 valence electrons. The SMILES string of the molecule is [2H]C[C@@]12COC([C@H](n3cc(C)c(NC(=O)c4ccccc4)nc3=O)O1)[C@H]2OP(OCCC#N)N(C(C)C)C(C)C. The Morgan fingerprint density at radius 3 is 2.72 bits per heavy atom. The quantitative estimate of drug-likeness (QED) is 0.319. The van der Waals surface area contributed by atoms with Gasteiger partial charge in [0.1, 0.15) is 23.6 Å². The summed E-state index contributed by atoms with van der Waals surface area (Å²) < 4.78 is 36.8. The molecule has 3 heterocycles. The number of aromatic nitrogens is 2. The second-order valence-corrected chi connectivity index (χ2v) is 11.6. The van der Waals surface area contributed by atoms with Gasteiger partial charge < -0.3 is 23.8 Å². The number of ether oxygens (including phenoxy) is 2. The molecule has 39 heavy (non-hydrogen) atoms. The number of nitriles is 1. The molecule has 0 spiro atoms. The number of fused-ring (bicyclic) bond motifs is 2. The average Bonchev–Trinajstić information content (AvgIpc) is 3.42. The van der Waals surface area contributed by atoms with E-state index in [4.69, 9.17) is 25.2 Å². The first kappa shape index (κ1) is 27.8. The number of hydrogen-bond acceptors (Lipinski definition) is 9. The van der Waals surface area contributed by atoms with E-state index in [0.717, 1.165) is 0 Å². The molecule has 1 N–H and O–H groups in total. The van der Waals surface area contributed by atoms with Crippen molar-refractivity contribution in [3.63, 3.8) is 0 Å². The molecular formula is C27H36N5O6P. The van der Waals surface area contributed by atoms with Crippen molar-refractivity contribution in [2.45, 2.75) is 84.1 Å². The molecule has 1 aromatic carbocycles. The normalized spacial score (nSPS) is 25.2. The lowest BCUT2D eigenvalue weighted by Gasteiger charge is -2.38. The summed E-state index contributed by atoms with van der Waals surface area (Å²) in [5, 5.41) is 11.7. The first-order chi connectivity index (χ1) is 19.1. The molecule has 2 fully saturated rings. The minimum absolute atomic E-state index is 0.0879. The second-order valence-electron chi connectivity index (χ2n) is 10.2. The smallest absolute Gasteiger partial charge is 0.351 e. The fourth-order valence-corrected chi connectivity index (χ4v) is 6.56. The molecule has 2 aromatic rings. The molecule has 12 heteroatoms. The van der Waals surface area contributed by atoms with Crippen molar-refractivity contribution < 1.29 is 24.7 Å². The number of nitrogens with zero attached hydrogens (tertiary/aromatic N) is 4. The van der Waals surface area contributed by atoms with Crippen LogP contribution in [0, 0.1) is 18.3 Å². The first-order valence-electron chi connectivity index (χ1n) is 13.6. The third-order valence-electron chi connectivity index (χ3n) is 6.52. The van der Waals surface area contributed by atoms with Gasteiger partial charge in [0, 0.05) is 30.8 Å². The van der Waals surface area contributed by atoms with Crippen molar-refractivity contribution in [2.24, 2.45) is 0 Å². The molecule has 0 radical (unpaired) electrons. The zero-order valence-electron chi connectivity index (χ0n) is 23.9. The fraction of sp³-hybridized carbons (Fsp3) is 0.556. The molecule has 1 amide bonds. The van der Waals surface area contributed by atoms with Crippen molar-refractivity contribution in [2.75, 3.05) is 18.5 Å². The Morgan fingerprint density at radius 2 is 2.08 bits per heavy atom. The van der Waals surface area contributed by atoms with E-state index in [1.807, 2.05) is 33.8 Å². The van der Waals surface area contributed by atoms with E-state index in [-0.39, 0.29) is 50.3 Å². The van der Waals surface area contributed by atoms with Crippen molar-refractivity contribution in [3.05, 3.63) is 58.1 Å². The van der Waals surface area contributed by atoms with Crippen LogP contribution in [0.4, 0.5) is 5.82 Å². The van der Waals surface area contributed by atoms with E-state index in [1.165, 1.54) is 4.57 Å². The van der Waals surface area contributed by atoms with Crippen LogP contribution in [-0.4, -0.2) is 63.2 Å². The van der Waals surface area contributed by atoms with E-state index in [1.54, 1.807) is 37.4 Å². The van der Waals surface area contributed by atoms with Gasteiger partial charge in [0.05, 0.1) is 25.7 Å². The topological polar surface area (TPSA) is 128 Å². The van der Waals surface area contributed by atoms with Crippen molar-refractivity contribution in [3.8, 4) is 6.07 Å². The van der Waals surface area contributed by atoms with Gasteiger partial charge in [0.25, 0.3) is 14.4 Å². The molecule has 5 atom stereocenters. The van der Waals surface area contributed by atoms with Gasteiger partial charge in [-0.15, -0.1) is 0 Å². The second kappa shape index (κ2) is 12.2. The monoisotopic (exact) mass is 558 g/mol. The summed E-state index contributed by atoms with van der Waals surface area (Å²) in [6.45, 7) is 10.1. The summed E-state index contributed by atoms with van der Waals surface area (Å²) >= 11 is 0. The third kappa shape index (κ3) is 6.22. The minimum atomic E-state index is -1.63. The van der Waals surface area contributed by atoms with Gasteiger partial charge >= 0.3 is 5.69 Å². The van der Waals surface area contributed by atoms with Crippen LogP contribution in [0.1, 0.15) is 64.5 Å². The first-order valence-corrected chi connectivity index (χ1v) is 14.0. The molecule has 2 aliphatic rings. The molecule has 2 aliphatic heterocycles. The fourth-order valence-electron chi connectivity index (χ4n) is 4.75. The Balaban J connectivity index is 1.59. The summed E-state index contributed by atoms with van der Waals surface area (Å²) in [5.74, 6) is -0.222. The van der Waals surface area contributed by atoms with Crippen molar-refractivity contribution >= 4 is 20.3 Å². The lowest BCUT2D eigenvalue weighted by atomic mass is 10.0. The highest BCUT2D eigenvalue weighted by Crippen LogP contribution is 2.54. The summed E-state index contributed by atoms with van der Waals surface area (Å²) in [6.07, 6.45) is -0.482. The minimum Gasteiger partial charge on any atom is -0.368 e. The molecule has 2 saturated heterocycles. The highest BCUT2D eigenvalue weighted by molar-refractivity contribution is 7.44. The Kier molecular flexibility index (Phi) is 8.72. The molecule has 2 bridgehead atoms. The Hall–Kier alpha value is -2.71. The summed E-state index contributed by atoms with van der Waals surface area (Å²) in [7, 11) is -1.63. The van der Waals surface area contributed by atoms with Crippen LogP contribution in [0.2, 0.25) is 0 Å². The molecule has 4 rings (SSSR count). The molecule has 11 nitrogen and oxygen atoms in total. The van der Waals surface area contributed by atoms with Crippen LogP contribution in [0.25, 0.3) is 0 Å². The van der Waals surface area contributed by atoms with Gasteiger partial charge in [-0.3, -0.25) is 9.36 Å². The van der Waals surface area contributed by atoms with E-state index in [0.29, 0.717) is 11.1 Å². The van der Waals surface area contributed by atoms with Crippen molar-refractivity contribution in [1.29, 1.82) is 5.26 Å². The lowest BCUT2D eigenvalue weighted by Crippen LogP contribution is -2.40. The van der Waals surface area contributed by atoms with Crippen LogP contribution >= 0.6 is 8.53 Å². The Bertz CT molecular complexity index is 1280. The number of hydrogen-bond donors (Lipinski definition) is 1. The number of carbonyl (C=O) groups is 1. The Labute approximate surface area is 231 Å².